The number of rotatable bonds is 1. The van der Waals surface area contributed by atoms with Gasteiger partial charge in [0.05, 0.1) is 6.04 Å². The highest BCUT2D eigenvalue weighted by molar-refractivity contribution is 5.68. The molecule has 0 aromatic heterocycles. The van der Waals surface area contributed by atoms with Crippen molar-refractivity contribution < 1.29 is 14.3 Å². The van der Waals surface area contributed by atoms with Crippen LogP contribution in [0.15, 0.2) is 48.5 Å². The first kappa shape index (κ1) is 18.8. The van der Waals surface area contributed by atoms with Crippen molar-refractivity contribution in [2.45, 2.75) is 39.0 Å². The fourth-order valence-corrected chi connectivity index (χ4v) is 3.81. The summed E-state index contributed by atoms with van der Waals surface area (Å²) in [6, 6.07) is 17.0. The Morgan fingerprint density at radius 1 is 1.07 bits per heavy atom. The molecule has 5 nitrogen and oxygen atoms in total. The predicted molar refractivity (Wildman–Crippen MR) is 109 cm³/mol. The normalized spacial score (nSPS) is 19.8. The Morgan fingerprint density at radius 2 is 1.86 bits per heavy atom. The molecule has 2 heterocycles. The summed E-state index contributed by atoms with van der Waals surface area (Å²) in [5, 5.41) is 0. The highest BCUT2D eigenvalue weighted by atomic mass is 16.6. The monoisotopic (exact) mass is 380 g/mol. The van der Waals surface area contributed by atoms with Gasteiger partial charge in [-0.15, -0.1) is 0 Å². The minimum Gasteiger partial charge on any atom is -0.492 e. The summed E-state index contributed by atoms with van der Waals surface area (Å²) in [6.07, 6.45) is -0.236. The molecule has 4 rings (SSSR count). The van der Waals surface area contributed by atoms with E-state index in [1.807, 2.05) is 26.8 Å². The lowest BCUT2D eigenvalue weighted by atomic mass is 10.0. The van der Waals surface area contributed by atoms with E-state index in [2.05, 4.69) is 47.4 Å². The smallest absolute Gasteiger partial charge is 0.410 e. The summed E-state index contributed by atoms with van der Waals surface area (Å²) in [6.45, 7) is 9.25. The molecule has 148 valence electrons. The molecular weight excluding hydrogens is 352 g/mol. The number of hydrogen-bond acceptors (Lipinski definition) is 4. The van der Waals surface area contributed by atoms with Gasteiger partial charge < -0.3 is 14.4 Å². The molecule has 28 heavy (non-hydrogen) atoms. The molecule has 0 radical (unpaired) electrons. The number of carbonyl (C=O) groups excluding carboxylic acids is 1. The summed E-state index contributed by atoms with van der Waals surface area (Å²) in [5.41, 5.74) is 3.14. The molecule has 0 saturated carbocycles. The number of hydrogen-bond donors (Lipinski definition) is 0. The number of ether oxygens (including phenoxy) is 2. The summed E-state index contributed by atoms with van der Waals surface area (Å²) >= 11 is 0. The van der Waals surface area contributed by atoms with Crippen molar-refractivity contribution in [1.29, 1.82) is 0 Å². The second-order valence-corrected chi connectivity index (χ2v) is 8.55. The first-order valence-corrected chi connectivity index (χ1v) is 9.92. The Morgan fingerprint density at radius 3 is 2.61 bits per heavy atom. The van der Waals surface area contributed by atoms with E-state index in [1.54, 1.807) is 4.90 Å². The Balaban J connectivity index is 1.48. The molecule has 1 fully saturated rings. The van der Waals surface area contributed by atoms with Gasteiger partial charge in [0, 0.05) is 31.7 Å². The molecule has 0 bridgehead atoms. The van der Waals surface area contributed by atoms with Crippen LogP contribution in [0.25, 0.3) is 11.1 Å². The van der Waals surface area contributed by atoms with Crippen LogP contribution < -0.4 is 4.74 Å². The second-order valence-electron chi connectivity index (χ2n) is 8.55. The van der Waals surface area contributed by atoms with E-state index in [0.29, 0.717) is 19.7 Å². The molecule has 2 aromatic carbocycles. The zero-order valence-corrected chi connectivity index (χ0v) is 16.9. The molecule has 2 aromatic rings. The van der Waals surface area contributed by atoms with Crippen LogP contribution in [0.4, 0.5) is 4.79 Å². The van der Waals surface area contributed by atoms with Crippen LogP contribution in [-0.2, 0) is 11.3 Å². The topological polar surface area (TPSA) is 42.0 Å². The first-order valence-electron chi connectivity index (χ1n) is 9.92. The molecule has 1 atom stereocenters. The van der Waals surface area contributed by atoms with E-state index in [-0.39, 0.29) is 12.1 Å². The maximum atomic E-state index is 12.4. The number of amides is 1. The van der Waals surface area contributed by atoms with E-state index >= 15 is 0 Å². The molecule has 5 heteroatoms. The predicted octanol–water partition coefficient (Wildman–Crippen LogP) is 4.17. The van der Waals surface area contributed by atoms with Crippen molar-refractivity contribution in [2.75, 3.05) is 26.2 Å². The van der Waals surface area contributed by atoms with Gasteiger partial charge in [-0.25, -0.2) is 4.79 Å². The van der Waals surface area contributed by atoms with Gasteiger partial charge in [-0.3, -0.25) is 4.90 Å². The third kappa shape index (κ3) is 4.14. The van der Waals surface area contributed by atoms with Crippen molar-refractivity contribution in [1.82, 2.24) is 9.80 Å². The van der Waals surface area contributed by atoms with E-state index in [1.165, 1.54) is 16.7 Å². The number of piperazine rings is 1. The van der Waals surface area contributed by atoms with Crippen molar-refractivity contribution in [3.8, 4) is 16.9 Å². The Hall–Kier alpha value is -2.53. The van der Waals surface area contributed by atoms with E-state index < -0.39 is 5.60 Å². The summed E-state index contributed by atoms with van der Waals surface area (Å²) in [7, 11) is 0. The van der Waals surface area contributed by atoms with Gasteiger partial charge in [0.15, 0.2) is 0 Å². The van der Waals surface area contributed by atoms with Gasteiger partial charge in [-0.2, -0.15) is 0 Å². The third-order valence-corrected chi connectivity index (χ3v) is 5.23. The lowest BCUT2D eigenvalue weighted by Crippen LogP contribution is -2.56. The van der Waals surface area contributed by atoms with Gasteiger partial charge >= 0.3 is 6.09 Å². The van der Waals surface area contributed by atoms with Crippen LogP contribution in [0.1, 0.15) is 26.3 Å². The fourth-order valence-electron chi connectivity index (χ4n) is 3.81. The van der Waals surface area contributed by atoms with E-state index in [4.69, 9.17) is 9.47 Å². The van der Waals surface area contributed by atoms with Crippen molar-refractivity contribution >= 4 is 6.09 Å². The number of carbonyl (C=O) groups is 1. The molecule has 2 aliphatic rings. The zero-order chi connectivity index (χ0) is 19.7. The van der Waals surface area contributed by atoms with Crippen LogP contribution in [0.5, 0.6) is 5.75 Å². The molecule has 2 aliphatic heterocycles. The van der Waals surface area contributed by atoms with Crippen LogP contribution in [0.3, 0.4) is 0 Å². The van der Waals surface area contributed by atoms with E-state index in [0.717, 1.165) is 18.8 Å². The second kappa shape index (κ2) is 7.47. The minimum atomic E-state index is -0.474. The fraction of sp³-hybridized carbons (Fsp3) is 0.435. The largest absolute Gasteiger partial charge is 0.492 e. The average Bonchev–Trinajstić information content (AvgIpc) is 2.85. The Kier molecular flexibility index (Phi) is 5.02. The number of benzene rings is 2. The minimum absolute atomic E-state index is 0.175. The SMILES string of the molecule is CC(C)(C)OC(=O)N1CCN2Cc3cc(-c4ccccc4)ccc3OCC2C1. The molecule has 1 unspecified atom stereocenters. The standard InChI is InChI=1S/C23H28N2O3/c1-23(2,3)28-22(26)25-12-11-24-14-19-13-18(17-7-5-4-6-8-17)9-10-21(19)27-16-20(24)15-25/h4-10,13,20H,11-12,14-16H2,1-3H3. The highest BCUT2D eigenvalue weighted by Gasteiger charge is 2.34. The lowest BCUT2D eigenvalue weighted by molar-refractivity contribution is -0.00154. The molecule has 0 spiro atoms. The van der Waals surface area contributed by atoms with Crippen LogP contribution in [-0.4, -0.2) is 53.8 Å². The van der Waals surface area contributed by atoms with Crippen LogP contribution >= 0.6 is 0 Å². The van der Waals surface area contributed by atoms with Gasteiger partial charge in [0.1, 0.15) is 18.0 Å². The molecule has 1 amide bonds. The molecular formula is C23H28N2O3. The van der Waals surface area contributed by atoms with Gasteiger partial charge in [0.25, 0.3) is 0 Å². The maximum Gasteiger partial charge on any atom is 0.410 e. The Labute approximate surface area is 166 Å². The van der Waals surface area contributed by atoms with Gasteiger partial charge in [-0.1, -0.05) is 36.4 Å². The number of nitrogens with zero attached hydrogens (tertiary/aromatic N) is 2. The quantitative estimate of drug-likeness (QED) is 0.745. The molecule has 0 N–H and O–H groups in total. The van der Waals surface area contributed by atoms with Crippen molar-refractivity contribution in [3.05, 3.63) is 54.1 Å². The summed E-state index contributed by atoms with van der Waals surface area (Å²) < 4.78 is 11.7. The lowest BCUT2D eigenvalue weighted by Gasteiger charge is -2.40. The number of fused-ring (bicyclic) bond motifs is 2. The molecule has 1 saturated heterocycles. The van der Waals surface area contributed by atoms with Crippen molar-refractivity contribution in [2.24, 2.45) is 0 Å². The van der Waals surface area contributed by atoms with Crippen LogP contribution in [0, 0.1) is 0 Å². The van der Waals surface area contributed by atoms with Gasteiger partial charge in [-0.05, 0) is 44.0 Å². The highest BCUT2D eigenvalue weighted by Crippen LogP contribution is 2.31. The Bertz CT molecular complexity index is 845. The summed E-state index contributed by atoms with van der Waals surface area (Å²) in [4.78, 5) is 16.7. The zero-order valence-electron chi connectivity index (χ0n) is 16.9. The summed E-state index contributed by atoms with van der Waals surface area (Å²) in [5.74, 6) is 0.942. The maximum absolute atomic E-state index is 12.4. The molecule has 0 aliphatic carbocycles. The van der Waals surface area contributed by atoms with Gasteiger partial charge in [0.2, 0.25) is 0 Å². The average molecular weight is 380 g/mol. The van der Waals surface area contributed by atoms with E-state index in [9.17, 15) is 4.79 Å². The van der Waals surface area contributed by atoms with Crippen LogP contribution in [0.2, 0.25) is 0 Å². The van der Waals surface area contributed by atoms with Crippen molar-refractivity contribution in [3.63, 3.8) is 0 Å². The third-order valence-electron chi connectivity index (χ3n) is 5.23. The first-order chi connectivity index (χ1) is 13.4.